The number of aromatic nitrogens is 2. The number of rotatable bonds is 4. The van der Waals surface area contributed by atoms with E-state index in [-0.39, 0.29) is 22.9 Å². The first-order valence-corrected chi connectivity index (χ1v) is 10.3. The third-order valence-electron chi connectivity index (χ3n) is 5.89. The highest BCUT2D eigenvalue weighted by atomic mass is 19.1. The molecule has 9 heteroatoms. The molecule has 0 amide bonds. The van der Waals surface area contributed by atoms with Crippen LogP contribution in [0.2, 0.25) is 0 Å². The Morgan fingerprint density at radius 2 is 1.88 bits per heavy atom. The van der Waals surface area contributed by atoms with Gasteiger partial charge in [-0.15, -0.1) is 0 Å². The van der Waals surface area contributed by atoms with Crippen molar-refractivity contribution in [3.8, 4) is 5.75 Å². The molecule has 7 nitrogen and oxygen atoms in total. The number of hydrogen-bond acceptors (Lipinski definition) is 5. The van der Waals surface area contributed by atoms with Gasteiger partial charge in [0.2, 0.25) is 0 Å². The van der Waals surface area contributed by atoms with Crippen molar-refractivity contribution in [1.82, 2.24) is 10.2 Å². The summed E-state index contributed by atoms with van der Waals surface area (Å²) in [5.74, 6) is -1.90. The molecule has 2 N–H and O–H groups in total. The first kappa shape index (κ1) is 20.7. The normalized spacial score (nSPS) is 15.6. The number of methoxy groups -OCH3 is 1. The molecule has 5 rings (SSSR count). The summed E-state index contributed by atoms with van der Waals surface area (Å²) in [6.45, 7) is 2.38. The molecule has 1 aromatic heterocycles. The summed E-state index contributed by atoms with van der Waals surface area (Å²) < 4.78 is 35.1. The summed E-state index contributed by atoms with van der Waals surface area (Å²) >= 11 is 0. The van der Waals surface area contributed by atoms with Crippen molar-refractivity contribution in [2.24, 2.45) is 0 Å². The number of nitrogens with one attached hydrogen (secondary N) is 1. The van der Waals surface area contributed by atoms with Crippen LogP contribution >= 0.6 is 0 Å². The summed E-state index contributed by atoms with van der Waals surface area (Å²) in [6.07, 6.45) is 1.55. The second-order valence-corrected chi connectivity index (χ2v) is 7.89. The zero-order valence-corrected chi connectivity index (χ0v) is 17.8. The third kappa shape index (κ3) is 3.32. The Morgan fingerprint density at radius 1 is 1.15 bits per heavy atom. The van der Waals surface area contributed by atoms with E-state index in [0.717, 1.165) is 0 Å². The van der Waals surface area contributed by atoms with E-state index in [1.54, 1.807) is 30.5 Å². The number of benzene rings is 3. The molecule has 0 radical (unpaired) electrons. The minimum Gasteiger partial charge on any atom is -0.494 e. The van der Waals surface area contributed by atoms with Crippen LogP contribution in [0.4, 0.5) is 31.5 Å². The molecular weight excluding hydrogens is 430 g/mol. The number of carbonyl (C=O) groups is 1. The van der Waals surface area contributed by atoms with Gasteiger partial charge < -0.3 is 19.6 Å². The number of H-pyrrole nitrogens is 1. The number of nitrogens with zero attached hydrogens (tertiary/aromatic N) is 3. The number of hydrogen-bond donors (Lipinski definition) is 2. The molecule has 1 atom stereocenters. The SMILES string of the molecule is COc1cc(N2c3cc4cn[nH]c4c(F)c3N(c3ccc(C(=O)O)cc3)CC2C)ccc1F. The zero-order valence-electron chi connectivity index (χ0n) is 17.8. The first-order valence-electron chi connectivity index (χ1n) is 10.3. The predicted molar refractivity (Wildman–Crippen MR) is 121 cm³/mol. The van der Waals surface area contributed by atoms with Gasteiger partial charge in [-0.05, 0) is 49.4 Å². The van der Waals surface area contributed by atoms with Gasteiger partial charge in [0.15, 0.2) is 17.4 Å². The van der Waals surface area contributed by atoms with E-state index in [4.69, 9.17) is 4.74 Å². The van der Waals surface area contributed by atoms with Gasteiger partial charge in [0, 0.05) is 35.4 Å². The lowest BCUT2D eigenvalue weighted by molar-refractivity contribution is 0.0697. The average Bonchev–Trinajstić information content (AvgIpc) is 3.28. The maximum atomic E-state index is 15.8. The Morgan fingerprint density at radius 3 is 2.58 bits per heavy atom. The van der Waals surface area contributed by atoms with Crippen molar-refractivity contribution in [3.63, 3.8) is 0 Å². The Labute approximate surface area is 187 Å². The molecule has 168 valence electrons. The van der Waals surface area contributed by atoms with E-state index >= 15 is 4.39 Å². The molecule has 0 aliphatic carbocycles. The van der Waals surface area contributed by atoms with Gasteiger partial charge in [-0.1, -0.05) is 0 Å². The molecule has 0 saturated heterocycles. The molecule has 2 heterocycles. The topological polar surface area (TPSA) is 81.7 Å². The maximum absolute atomic E-state index is 15.8. The van der Waals surface area contributed by atoms with Crippen LogP contribution in [0.15, 0.2) is 54.7 Å². The third-order valence-corrected chi connectivity index (χ3v) is 5.89. The second kappa shape index (κ2) is 7.77. The van der Waals surface area contributed by atoms with Crippen LogP contribution < -0.4 is 14.5 Å². The van der Waals surface area contributed by atoms with Crippen LogP contribution in [0, 0.1) is 11.6 Å². The minimum atomic E-state index is -1.03. The van der Waals surface area contributed by atoms with E-state index in [9.17, 15) is 14.3 Å². The molecule has 33 heavy (non-hydrogen) atoms. The number of aromatic amines is 1. The summed E-state index contributed by atoms with van der Waals surface area (Å²) in [6, 6.07) is 12.5. The predicted octanol–water partition coefficient (Wildman–Crippen LogP) is 5.23. The van der Waals surface area contributed by atoms with Crippen LogP contribution in [-0.4, -0.2) is 41.0 Å². The summed E-state index contributed by atoms with van der Waals surface area (Å²) in [4.78, 5) is 15.0. The monoisotopic (exact) mass is 450 g/mol. The highest BCUT2D eigenvalue weighted by molar-refractivity contribution is 5.96. The van der Waals surface area contributed by atoms with Crippen molar-refractivity contribution in [2.75, 3.05) is 23.5 Å². The molecule has 1 unspecified atom stereocenters. The van der Waals surface area contributed by atoms with Crippen molar-refractivity contribution in [3.05, 3.63) is 71.9 Å². The van der Waals surface area contributed by atoms with Crippen LogP contribution in [-0.2, 0) is 0 Å². The van der Waals surface area contributed by atoms with Gasteiger partial charge >= 0.3 is 5.97 Å². The van der Waals surface area contributed by atoms with E-state index in [1.807, 2.05) is 22.8 Å². The highest BCUT2D eigenvalue weighted by Gasteiger charge is 2.34. The summed E-state index contributed by atoms with van der Waals surface area (Å²) in [5, 5.41) is 16.5. The van der Waals surface area contributed by atoms with Gasteiger partial charge in [-0.25, -0.2) is 13.6 Å². The quantitative estimate of drug-likeness (QED) is 0.443. The lowest BCUT2D eigenvalue weighted by Gasteiger charge is -2.43. The number of aromatic carboxylic acids is 1. The fraction of sp³-hybridized carbons (Fsp3) is 0.167. The molecule has 0 spiro atoms. The molecule has 4 aromatic rings. The van der Waals surface area contributed by atoms with Crippen molar-refractivity contribution < 1.29 is 23.4 Å². The number of anilines is 4. The standard InChI is InChI=1S/C24H20F2N4O3/c1-13-12-29(16-5-3-14(4-6-16)24(31)32)23-19(9-15-11-27-28-22(15)21(23)26)30(13)17-7-8-18(25)20(10-17)33-2/h3-11,13H,12H2,1-2H3,(H,27,28)(H,31,32). The molecular formula is C24H20F2N4O3. The van der Waals surface area contributed by atoms with Gasteiger partial charge in [0.25, 0.3) is 0 Å². The van der Waals surface area contributed by atoms with E-state index in [0.29, 0.717) is 34.7 Å². The summed E-state index contributed by atoms with van der Waals surface area (Å²) in [5.41, 5.74) is 2.63. The van der Waals surface area contributed by atoms with Crippen molar-refractivity contribution >= 4 is 39.6 Å². The number of halogens is 2. The van der Waals surface area contributed by atoms with Crippen molar-refractivity contribution in [2.45, 2.75) is 13.0 Å². The molecule has 1 aliphatic rings. The van der Waals surface area contributed by atoms with Gasteiger partial charge in [-0.3, -0.25) is 5.10 Å². The second-order valence-electron chi connectivity index (χ2n) is 7.89. The van der Waals surface area contributed by atoms with Crippen LogP contribution in [0.3, 0.4) is 0 Å². The maximum Gasteiger partial charge on any atom is 0.335 e. The average molecular weight is 450 g/mol. The molecule has 0 saturated carbocycles. The fourth-order valence-electron chi connectivity index (χ4n) is 4.35. The number of carboxylic acids is 1. The van der Waals surface area contributed by atoms with Gasteiger partial charge in [-0.2, -0.15) is 5.10 Å². The molecule has 3 aromatic carbocycles. The number of ether oxygens (including phenoxy) is 1. The summed E-state index contributed by atoms with van der Waals surface area (Å²) in [7, 11) is 1.40. The molecule has 1 aliphatic heterocycles. The largest absolute Gasteiger partial charge is 0.494 e. The van der Waals surface area contributed by atoms with Gasteiger partial charge in [0.1, 0.15) is 11.2 Å². The fourth-order valence-corrected chi connectivity index (χ4v) is 4.35. The van der Waals surface area contributed by atoms with Gasteiger partial charge in [0.05, 0.1) is 24.6 Å². The van der Waals surface area contributed by atoms with Crippen molar-refractivity contribution in [1.29, 1.82) is 0 Å². The van der Waals surface area contributed by atoms with Crippen LogP contribution in [0.1, 0.15) is 17.3 Å². The first-order chi connectivity index (χ1) is 15.9. The zero-order chi connectivity index (χ0) is 23.3. The van der Waals surface area contributed by atoms with E-state index < -0.39 is 17.6 Å². The van der Waals surface area contributed by atoms with E-state index in [1.165, 1.54) is 25.3 Å². The highest BCUT2D eigenvalue weighted by Crippen LogP contribution is 2.47. The Hall–Kier alpha value is -4.14. The lowest BCUT2D eigenvalue weighted by Crippen LogP contribution is -2.43. The smallest absolute Gasteiger partial charge is 0.335 e. The van der Waals surface area contributed by atoms with E-state index in [2.05, 4.69) is 10.2 Å². The Bertz CT molecular complexity index is 1370. The Balaban J connectivity index is 1.71. The lowest BCUT2D eigenvalue weighted by atomic mass is 10.0. The minimum absolute atomic E-state index is 0.0952. The van der Waals surface area contributed by atoms with Crippen LogP contribution in [0.5, 0.6) is 5.75 Å². The number of carboxylic acid groups (broad SMARTS) is 1. The number of fused-ring (bicyclic) bond motifs is 2. The van der Waals surface area contributed by atoms with Crippen LogP contribution in [0.25, 0.3) is 10.9 Å². The Kier molecular flexibility index (Phi) is 4.88. The molecule has 0 bridgehead atoms. The molecule has 0 fully saturated rings.